The molecule has 0 rings (SSSR count). The fraction of sp³-hybridized carbons (Fsp3) is 1.00. The van der Waals surface area contributed by atoms with Crippen LogP contribution in [0.5, 0.6) is 0 Å². The summed E-state index contributed by atoms with van der Waals surface area (Å²) in [6, 6.07) is 0. The molecule has 0 heterocycles. The zero-order valence-electron chi connectivity index (χ0n) is 7.10. The SMILES string of the molecule is CCCOCC(C)CCN. The molecule has 0 aliphatic heterocycles. The van der Waals surface area contributed by atoms with E-state index in [1.54, 1.807) is 0 Å². The van der Waals surface area contributed by atoms with Crippen LogP contribution in [0.1, 0.15) is 26.7 Å². The van der Waals surface area contributed by atoms with Crippen LogP contribution in [0.2, 0.25) is 0 Å². The Morgan fingerprint density at radius 1 is 1.50 bits per heavy atom. The molecule has 0 saturated heterocycles. The van der Waals surface area contributed by atoms with E-state index in [0.29, 0.717) is 5.92 Å². The fourth-order valence-corrected chi connectivity index (χ4v) is 0.797. The van der Waals surface area contributed by atoms with E-state index in [1.807, 2.05) is 0 Å². The van der Waals surface area contributed by atoms with Crippen molar-refractivity contribution in [3.05, 3.63) is 0 Å². The average Bonchev–Trinajstić information content (AvgIpc) is 1.89. The van der Waals surface area contributed by atoms with Crippen LogP contribution in [0, 0.1) is 5.92 Å². The molecule has 1 atom stereocenters. The molecule has 62 valence electrons. The Morgan fingerprint density at radius 3 is 2.70 bits per heavy atom. The normalized spacial score (nSPS) is 13.5. The van der Waals surface area contributed by atoms with Crippen molar-refractivity contribution < 1.29 is 4.74 Å². The summed E-state index contributed by atoms with van der Waals surface area (Å²) in [6.07, 6.45) is 2.18. The van der Waals surface area contributed by atoms with E-state index < -0.39 is 0 Å². The van der Waals surface area contributed by atoms with Gasteiger partial charge < -0.3 is 10.5 Å². The highest BCUT2D eigenvalue weighted by atomic mass is 16.5. The Morgan fingerprint density at radius 2 is 2.20 bits per heavy atom. The fourth-order valence-electron chi connectivity index (χ4n) is 0.797. The van der Waals surface area contributed by atoms with Crippen molar-refractivity contribution in [1.29, 1.82) is 0 Å². The van der Waals surface area contributed by atoms with Crippen molar-refractivity contribution in [3.8, 4) is 0 Å². The first kappa shape index (κ1) is 9.92. The summed E-state index contributed by atoms with van der Waals surface area (Å²) in [5.74, 6) is 0.622. The summed E-state index contributed by atoms with van der Waals surface area (Å²) in [6.45, 7) is 6.81. The predicted octanol–water partition coefficient (Wildman–Crippen LogP) is 1.40. The molecule has 0 aliphatic rings. The highest BCUT2D eigenvalue weighted by Gasteiger charge is 1.98. The van der Waals surface area contributed by atoms with E-state index >= 15 is 0 Å². The van der Waals surface area contributed by atoms with Crippen LogP contribution in [-0.4, -0.2) is 19.8 Å². The summed E-state index contributed by atoms with van der Waals surface area (Å²) >= 11 is 0. The van der Waals surface area contributed by atoms with E-state index in [0.717, 1.165) is 32.6 Å². The van der Waals surface area contributed by atoms with Gasteiger partial charge in [0, 0.05) is 13.2 Å². The summed E-state index contributed by atoms with van der Waals surface area (Å²) in [7, 11) is 0. The topological polar surface area (TPSA) is 35.2 Å². The first-order valence-electron chi connectivity index (χ1n) is 4.09. The van der Waals surface area contributed by atoms with Crippen LogP contribution in [0.25, 0.3) is 0 Å². The first-order valence-corrected chi connectivity index (χ1v) is 4.09. The van der Waals surface area contributed by atoms with Crippen molar-refractivity contribution in [3.63, 3.8) is 0 Å². The lowest BCUT2D eigenvalue weighted by atomic mass is 10.1. The molecule has 2 nitrogen and oxygen atoms in total. The van der Waals surface area contributed by atoms with Gasteiger partial charge in [-0.25, -0.2) is 0 Å². The van der Waals surface area contributed by atoms with Crippen LogP contribution in [0.3, 0.4) is 0 Å². The first-order chi connectivity index (χ1) is 4.81. The van der Waals surface area contributed by atoms with Crippen molar-refractivity contribution in [1.82, 2.24) is 0 Å². The van der Waals surface area contributed by atoms with Crippen LogP contribution in [-0.2, 0) is 4.74 Å². The van der Waals surface area contributed by atoms with Gasteiger partial charge in [0.15, 0.2) is 0 Å². The van der Waals surface area contributed by atoms with Crippen molar-refractivity contribution in [2.45, 2.75) is 26.7 Å². The van der Waals surface area contributed by atoms with E-state index in [4.69, 9.17) is 10.5 Å². The molecule has 0 radical (unpaired) electrons. The summed E-state index contributed by atoms with van der Waals surface area (Å²) in [4.78, 5) is 0. The summed E-state index contributed by atoms with van der Waals surface area (Å²) in [5, 5.41) is 0. The van der Waals surface area contributed by atoms with Crippen molar-refractivity contribution in [2.75, 3.05) is 19.8 Å². The molecule has 0 aromatic rings. The third-order valence-electron chi connectivity index (χ3n) is 1.41. The second-order valence-corrected chi connectivity index (χ2v) is 2.76. The largest absolute Gasteiger partial charge is 0.381 e. The zero-order valence-corrected chi connectivity index (χ0v) is 7.10. The molecule has 0 bridgehead atoms. The average molecular weight is 145 g/mol. The van der Waals surface area contributed by atoms with Gasteiger partial charge in [0.2, 0.25) is 0 Å². The minimum atomic E-state index is 0.622. The van der Waals surface area contributed by atoms with Gasteiger partial charge in [-0.15, -0.1) is 0 Å². The van der Waals surface area contributed by atoms with Crippen LogP contribution in [0.15, 0.2) is 0 Å². The lowest BCUT2D eigenvalue weighted by Gasteiger charge is -2.09. The van der Waals surface area contributed by atoms with Gasteiger partial charge in [-0.1, -0.05) is 13.8 Å². The Hall–Kier alpha value is -0.0800. The minimum Gasteiger partial charge on any atom is -0.381 e. The molecule has 2 heteroatoms. The zero-order chi connectivity index (χ0) is 7.82. The number of hydrogen-bond acceptors (Lipinski definition) is 2. The molecule has 0 aliphatic carbocycles. The Bertz CT molecular complexity index is 66.3. The number of rotatable bonds is 6. The van der Waals surface area contributed by atoms with E-state index in [1.165, 1.54) is 0 Å². The van der Waals surface area contributed by atoms with Gasteiger partial charge in [-0.2, -0.15) is 0 Å². The Balaban J connectivity index is 2.97. The van der Waals surface area contributed by atoms with E-state index in [-0.39, 0.29) is 0 Å². The molecule has 0 amide bonds. The lowest BCUT2D eigenvalue weighted by molar-refractivity contribution is 0.103. The molecule has 2 N–H and O–H groups in total. The lowest BCUT2D eigenvalue weighted by Crippen LogP contribution is -2.11. The summed E-state index contributed by atoms with van der Waals surface area (Å²) in [5.41, 5.74) is 5.38. The van der Waals surface area contributed by atoms with Gasteiger partial charge in [-0.05, 0) is 25.3 Å². The van der Waals surface area contributed by atoms with Gasteiger partial charge in [0.05, 0.1) is 0 Å². The van der Waals surface area contributed by atoms with Gasteiger partial charge >= 0.3 is 0 Å². The van der Waals surface area contributed by atoms with Gasteiger partial charge in [0.25, 0.3) is 0 Å². The maximum atomic E-state index is 5.38. The summed E-state index contributed by atoms with van der Waals surface area (Å²) < 4.78 is 5.34. The number of ether oxygens (including phenoxy) is 1. The van der Waals surface area contributed by atoms with Crippen molar-refractivity contribution >= 4 is 0 Å². The molecular formula is C8H19NO. The number of hydrogen-bond donors (Lipinski definition) is 1. The highest BCUT2D eigenvalue weighted by Crippen LogP contribution is 2.00. The smallest absolute Gasteiger partial charge is 0.0492 e. The van der Waals surface area contributed by atoms with Gasteiger partial charge in [0.1, 0.15) is 0 Å². The maximum absolute atomic E-state index is 5.38. The van der Waals surface area contributed by atoms with Crippen LogP contribution >= 0.6 is 0 Å². The molecular weight excluding hydrogens is 126 g/mol. The van der Waals surface area contributed by atoms with Crippen molar-refractivity contribution in [2.24, 2.45) is 11.7 Å². The molecule has 10 heavy (non-hydrogen) atoms. The molecule has 0 aromatic carbocycles. The molecule has 1 unspecified atom stereocenters. The predicted molar refractivity (Wildman–Crippen MR) is 43.9 cm³/mol. The monoisotopic (exact) mass is 145 g/mol. The van der Waals surface area contributed by atoms with E-state index in [2.05, 4.69) is 13.8 Å². The second kappa shape index (κ2) is 7.03. The Labute approximate surface area is 63.7 Å². The molecule has 0 saturated carbocycles. The number of nitrogens with two attached hydrogens (primary N) is 1. The maximum Gasteiger partial charge on any atom is 0.0492 e. The standard InChI is InChI=1S/C8H19NO/c1-3-6-10-7-8(2)4-5-9/h8H,3-7,9H2,1-2H3. The van der Waals surface area contributed by atoms with E-state index in [9.17, 15) is 0 Å². The molecule has 0 spiro atoms. The molecule has 0 aromatic heterocycles. The minimum absolute atomic E-state index is 0.622. The van der Waals surface area contributed by atoms with Gasteiger partial charge in [-0.3, -0.25) is 0 Å². The van der Waals surface area contributed by atoms with Crippen LogP contribution in [0.4, 0.5) is 0 Å². The Kier molecular flexibility index (Phi) is 6.98. The third-order valence-corrected chi connectivity index (χ3v) is 1.41. The third kappa shape index (κ3) is 6.05. The quantitative estimate of drug-likeness (QED) is 0.573. The highest BCUT2D eigenvalue weighted by molar-refractivity contribution is 4.50. The molecule has 0 fully saturated rings. The van der Waals surface area contributed by atoms with Crippen LogP contribution < -0.4 is 5.73 Å². The second-order valence-electron chi connectivity index (χ2n) is 2.76.